The molecule has 2 heterocycles. The van der Waals surface area contributed by atoms with Gasteiger partial charge in [-0.3, -0.25) is 9.69 Å². The van der Waals surface area contributed by atoms with Gasteiger partial charge in [-0.25, -0.2) is 4.99 Å². The summed E-state index contributed by atoms with van der Waals surface area (Å²) < 4.78 is 6.28. The molecule has 4 rings (SSSR count). The molecule has 2 aromatic carbocycles. The summed E-state index contributed by atoms with van der Waals surface area (Å²) in [5.74, 6) is 2.49. The third-order valence-corrected chi connectivity index (χ3v) is 5.62. The van der Waals surface area contributed by atoms with Crippen LogP contribution in [0, 0.1) is 11.8 Å². The Morgan fingerprint density at radius 3 is 2.17 bits per heavy atom. The summed E-state index contributed by atoms with van der Waals surface area (Å²) in [6.45, 7) is 8.74. The van der Waals surface area contributed by atoms with E-state index in [1.54, 1.807) is 7.05 Å². The van der Waals surface area contributed by atoms with Gasteiger partial charge in [-0.05, 0) is 54.0 Å². The predicted molar refractivity (Wildman–Crippen MR) is 115 cm³/mol. The summed E-state index contributed by atoms with van der Waals surface area (Å²) in [5.41, 5.74) is 8.83. The molecule has 0 aliphatic carbocycles. The zero-order chi connectivity index (χ0) is 20.9. The molecular weight excluding hydrogens is 362 g/mol. The zero-order valence-corrected chi connectivity index (χ0v) is 17.8. The number of ether oxygens (including phenoxy) is 1. The normalized spacial score (nSPS) is 20.2. The van der Waals surface area contributed by atoms with Crippen LogP contribution in [0.4, 0.5) is 0 Å². The van der Waals surface area contributed by atoms with Crippen molar-refractivity contribution >= 4 is 11.9 Å². The van der Waals surface area contributed by atoms with E-state index in [1.165, 1.54) is 10.5 Å². The maximum absolute atomic E-state index is 13.5. The first-order chi connectivity index (χ1) is 13.7. The number of amides is 1. The first-order valence-electron chi connectivity index (χ1n) is 10.3. The fraction of sp³-hybridized carbons (Fsp3) is 0.417. The number of nitrogens with zero attached hydrogens (tertiary/aromatic N) is 2. The molecule has 0 fully saturated rings. The molecule has 2 aliphatic rings. The Morgan fingerprint density at radius 1 is 0.966 bits per heavy atom. The van der Waals surface area contributed by atoms with Crippen molar-refractivity contribution in [2.75, 3.05) is 7.05 Å². The van der Waals surface area contributed by atoms with Gasteiger partial charge in [0.15, 0.2) is 5.96 Å². The van der Waals surface area contributed by atoms with Crippen molar-refractivity contribution < 1.29 is 9.53 Å². The topological polar surface area (TPSA) is 67.9 Å². The van der Waals surface area contributed by atoms with Crippen molar-refractivity contribution in [3.8, 4) is 11.5 Å². The van der Waals surface area contributed by atoms with E-state index in [9.17, 15) is 4.79 Å². The molecule has 1 unspecified atom stereocenters. The van der Waals surface area contributed by atoms with E-state index in [2.05, 4.69) is 45.9 Å². The summed E-state index contributed by atoms with van der Waals surface area (Å²) in [5, 5.41) is 0. The molecule has 1 spiro atoms. The Balaban J connectivity index is 1.93. The van der Waals surface area contributed by atoms with E-state index in [4.69, 9.17) is 15.5 Å². The second kappa shape index (κ2) is 6.90. The summed E-state index contributed by atoms with van der Waals surface area (Å²) in [6.07, 6.45) is 1.87. The average molecular weight is 392 g/mol. The quantitative estimate of drug-likeness (QED) is 0.848. The van der Waals surface area contributed by atoms with Gasteiger partial charge in [0.05, 0.1) is 0 Å². The van der Waals surface area contributed by atoms with Crippen LogP contribution >= 0.6 is 0 Å². The van der Waals surface area contributed by atoms with Crippen LogP contribution in [0.1, 0.15) is 49.9 Å². The molecule has 2 N–H and O–H groups in total. The number of carbonyl (C=O) groups is 1. The van der Waals surface area contributed by atoms with E-state index in [0.29, 0.717) is 23.3 Å². The number of rotatable bonds is 4. The summed E-state index contributed by atoms with van der Waals surface area (Å²) in [7, 11) is 1.68. The highest BCUT2D eigenvalue weighted by molar-refractivity contribution is 6.09. The van der Waals surface area contributed by atoms with Crippen molar-refractivity contribution in [2.24, 2.45) is 22.6 Å². The smallest absolute Gasteiger partial charge is 0.266 e. The minimum absolute atomic E-state index is 0.140. The summed E-state index contributed by atoms with van der Waals surface area (Å²) >= 11 is 0. The molecule has 0 saturated carbocycles. The van der Waals surface area contributed by atoms with Gasteiger partial charge in [0.25, 0.3) is 5.91 Å². The van der Waals surface area contributed by atoms with Crippen LogP contribution in [0.25, 0.3) is 0 Å². The highest BCUT2D eigenvalue weighted by Gasteiger charge is 2.54. The first kappa shape index (κ1) is 19.5. The number of nitrogens with two attached hydrogens (primary N) is 1. The van der Waals surface area contributed by atoms with Gasteiger partial charge in [-0.1, -0.05) is 45.9 Å². The second-order valence-electron chi connectivity index (χ2n) is 9.00. The van der Waals surface area contributed by atoms with Gasteiger partial charge in [0.2, 0.25) is 5.54 Å². The highest BCUT2D eigenvalue weighted by Crippen LogP contribution is 2.52. The Morgan fingerprint density at radius 2 is 1.59 bits per heavy atom. The molecule has 29 heavy (non-hydrogen) atoms. The van der Waals surface area contributed by atoms with Crippen molar-refractivity contribution in [1.29, 1.82) is 0 Å². The Hall–Kier alpha value is -2.82. The molecule has 2 aliphatic heterocycles. The molecule has 0 saturated heterocycles. The van der Waals surface area contributed by atoms with E-state index >= 15 is 0 Å². The summed E-state index contributed by atoms with van der Waals surface area (Å²) in [4.78, 5) is 19.7. The van der Waals surface area contributed by atoms with Crippen LogP contribution < -0.4 is 10.5 Å². The van der Waals surface area contributed by atoms with Gasteiger partial charge < -0.3 is 10.5 Å². The summed E-state index contributed by atoms with van der Waals surface area (Å²) in [6, 6.07) is 12.2. The molecule has 1 amide bonds. The van der Waals surface area contributed by atoms with Crippen LogP contribution in [-0.4, -0.2) is 23.8 Å². The number of guanidine groups is 1. The van der Waals surface area contributed by atoms with Crippen LogP contribution in [0.5, 0.6) is 11.5 Å². The van der Waals surface area contributed by atoms with E-state index in [0.717, 1.165) is 29.5 Å². The average Bonchev–Trinajstić information content (AvgIpc) is 2.86. The lowest BCUT2D eigenvalue weighted by atomic mass is 9.78. The zero-order valence-electron chi connectivity index (χ0n) is 17.8. The molecule has 152 valence electrons. The number of likely N-dealkylation sites (N-methyl/N-ethyl adjacent to an activating group) is 1. The fourth-order valence-electron chi connectivity index (χ4n) is 4.35. The van der Waals surface area contributed by atoms with Crippen LogP contribution in [0.2, 0.25) is 0 Å². The number of aliphatic imine (C=N–C) groups is 1. The number of carbonyl (C=O) groups excluding carboxylic acids is 1. The van der Waals surface area contributed by atoms with Gasteiger partial charge in [-0.2, -0.15) is 0 Å². The van der Waals surface area contributed by atoms with Crippen molar-refractivity contribution in [1.82, 2.24) is 4.90 Å². The van der Waals surface area contributed by atoms with Gasteiger partial charge in [-0.15, -0.1) is 0 Å². The number of hydrogen-bond acceptors (Lipinski definition) is 4. The number of benzene rings is 2. The van der Waals surface area contributed by atoms with E-state index in [1.807, 2.05) is 18.2 Å². The van der Waals surface area contributed by atoms with Crippen LogP contribution in [0.15, 0.2) is 41.4 Å². The maximum atomic E-state index is 13.5. The van der Waals surface area contributed by atoms with Crippen molar-refractivity contribution in [3.63, 3.8) is 0 Å². The van der Waals surface area contributed by atoms with Gasteiger partial charge in [0, 0.05) is 18.2 Å². The fourth-order valence-corrected chi connectivity index (χ4v) is 4.35. The maximum Gasteiger partial charge on any atom is 0.266 e. The standard InChI is InChI=1S/C24H29N3O2/c1-14(2)10-16-7-9-20-19(12-16)24(22(28)27(5)23(25)26-24)18-8-6-17(11-15(3)4)13-21(18)29-20/h6-9,12-15H,10-11H2,1-5H3,(H2,25,26). The van der Waals surface area contributed by atoms with Gasteiger partial charge in [0.1, 0.15) is 11.5 Å². The lowest BCUT2D eigenvalue weighted by Crippen LogP contribution is -2.42. The monoisotopic (exact) mass is 391 g/mol. The second-order valence-corrected chi connectivity index (χ2v) is 9.00. The number of fused-ring (bicyclic) bond motifs is 4. The Kier molecular flexibility index (Phi) is 4.64. The SMILES string of the molecule is CC(C)Cc1ccc2c(c1)Oc1ccc(CC(C)C)cc1C21N=C(N)N(C)C1=O. The first-order valence-corrected chi connectivity index (χ1v) is 10.3. The van der Waals surface area contributed by atoms with Gasteiger partial charge >= 0.3 is 0 Å². The molecule has 5 nitrogen and oxygen atoms in total. The molecule has 1 atom stereocenters. The number of hydrogen-bond donors (Lipinski definition) is 1. The molecular formula is C24H29N3O2. The van der Waals surface area contributed by atoms with E-state index in [-0.39, 0.29) is 11.9 Å². The third-order valence-electron chi connectivity index (χ3n) is 5.62. The molecule has 2 aromatic rings. The minimum Gasteiger partial charge on any atom is -0.457 e. The molecule has 0 radical (unpaired) electrons. The van der Waals surface area contributed by atoms with E-state index < -0.39 is 5.54 Å². The Bertz CT molecular complexity index is 1010. The van der Waals surface area contributed by atoms with Crippen molar-refractivity contribution in [2.45, 2.75) is 46.1 Å². The molecule has 0 bridgehead atoms. The lowest BCUT2D eigenvalue weighted by Gasteiger charge is -2.34. The lowest BCUT2D eigenvalue weighted by molar-refractivity contribution is -0.129. The van der Waals surface area contributed by atoms with Crippen molar-refractivity contribution in [3.05, 3.63) is 58.7 Å². The molecule has 5 heteroatoms. The van der Waals surface area contributed by atoms with Crippen LogP contribution in [-0.2, 0) is 23.2 Å². The predicted octanol–water partition coefficient (Wildman–Crippen LogP) is 4.22. The highest BCUT2D eigenvalue weighted by atomic mass is 16.5. The largest absolute Gasteiger partial charge is 0.457 e. The Labute approximate surface area is 172 Å². The third kappa shape index (κ3) is 3.09. The minimum atomic E-state index is -1.18. The van der Waals surface area contributed by atoms with Crippen LogP contribution in [0.3, 0.4) is 0 Å². The molecule has 0 aromatic heterocycles.